The lowest BCUT2D eigenvalue weighted by atomic mass is 9.97. The van der Waals surface area contributed by atoms with E-state index in [0.717, 1.165) is 0 Å². The van der Waals surface area contributed by atoms with Crippen LogP contribution in [-0.4, -0.2) is 0 Å². The van der Waals surface area contributed by atoms with Crippen LogP contribution in [0.4, 0.5) is 13.2 Å². The third-order valence-electron chi connectivity index (χ3n) is 3.14. The second-order valence-electron chi connectivity index (χ2n) is 4.64. The number of benzene rings is 2. The zero-order chi connectivity index (χ0) is 14.9. The number of aryl methyl sites for hydroxylation is 1. The van der Waals surface area contributed by atoms with E-state index in [1.165, 1.54) is 37.3 Å². The van der Waals surface area contributed by atoms with E-state index in [9.17, 15) is 13.2 Å². The van der Waals surface area contributed by atoms with E-state index >= 15 is 0 Å². The maximum absolute atomic E-state index is 14.0. The third kappa shape index (κ3) is 2.97. The van der Waals surface area contributed by atoms with Gasteiger partial charge in [0.2, 0.25) is 0 Å². The molecule has 1 atom stereocenters. The maximum atomic E-state index is 14.0. The second-order valence-corrected chi connectivity index (χ2v) is 5.05. The molecule has 0 heterocycles. The number of halogens is 4. The number of hydrogen-bond acceptors (Lipinski definition) is 1. The monoisotopic (exact) mass is 299 g/mol. The molecule has 0 aliphatic carbocycles. The van der Waals surface area contributed by atoms with E-state index in [-0.39, 0.29) is 12.0 Å². The van der Waals surface area contributed by atoms with Gasteiger partial charge in [0.15, 0.2) is 0 Å². The molecule has 0 aromatic heterocycles. The third-order valence-corrected chi connectivity index (χ3v) is 3.51. The van der Waals surface area contributed by atoms with Crippen LogP contribution in [0.1, 0.15) is 22.7 Å². The topological polar surface area (TPSA) is 26.0 Å². The molecule has 106 valence electrons. The summed E-state index contributed by atoms with van der Waals surface area (Å²) >= 11 is 5.93. The molecule has 2 N–H and O–H groups in total. The van der Waals surface area contributed by atoms with Crippen molar-refractivity contribution < 1.29 is 13.2 Å². The molecule has 2 rings (SSSR count). The number of rotatable bonds is 3. The van der Waals surface area contributed by atoms with Crippen molar-refractivity contribution in [2.24, 2.45) is 5.73 Å². The summed E-state index contributed by atoms with van der Waals surface area (Å²) in [5.74, 6) is -1.86. The lowest BCUT2D eigenvalue weighted by molar-refractivity contribution is 0.519. The molecule has 0 saturated heterocycles. The largest absolute Gasteiger partial charge is 0.323 e. The van der Waals surface area contributed by atoms with Gasteiger partial charge in [0.1, 0.15) is 17.5 Å². The van der Waals surface area contributed by atoms with Crippen molar-refractivity contribution in [3.05, 3.63) is 69.5 Å². The van der Waals surface area contributed by atoms with Crippen LogP contribution in [0, 0.1) is 24.4 Å². The molecule has 0 aliphatic rings. The first-order valence-corrected chi connectivity index (χ1v) is 6.42. The summed E-state index contributed by atoms with van der Waals surface area (Å²) < 4.78 is 40.9. The van der Waals surface area contributed by atoms with E-state index in [1.54, 1.807) is 0 Å². The van der Waals surface area contributed by atoms with Crippen LogP contribution in [0.5, 0.6) is 0 Å². The molecule has 1 unspecified atom stereocenters. The minimum absolute atomic E-state index is 0.0495. The van der Waals surface area contributed by atoms with Gasteiger partial charge in [-0.3, -0.25) is 0 Å². The Bertz CT molecular complexity index is 643. The summed E-state index contributed by atoms with van der Waals surface area (Å²) in [5, 5.41) is 0.315. The zero-order valence-electron chi connectivity index (χ0n) is 10.8. The summed E-state index contributed by atoms with van der Waals surface area (Å²) in [7, 11) is 0. The van der Waals surface area contributed by atoms with Crippen LogP contribution >= 0.6 is 11.6 Å². The summed E-state index contributed by atoms with van der Waals surface area (Å²) in [6.45, 7) is 1.53. The van der Waals surface area contributed by atoms with E-state index in [0.29, 0.717) is 16.1 Å². The van der Waals surface area contributed by atoms with Gasteiger partial charge in [-0.15, -0.1) is 0 Å². The first kappa shape index (κ1) is 14.9. The van der Waals surface area contributed by atoms with E-state index in [2.05, 4.69) is 0 Å². The summed E-state index contributed by atoms with van der Waals surface area (Å²) in [6.07, 6.45) is 0.0495. The van der Waals surface area contributed by atoms with Crippen LogP contribution in [0.25, 0.3) is 0 Å². The van der Waals surface area contributed by atoms with Crippen molar-refractivity contribution >= 4 is 11.6 Å². The molecular formula is C15H13ClF3N. The van der Waals surface area contributed by atoms with Gasteiger partial charge in [0.25, 0.3) is 0 Å². The van der Waals surface area contributed by atoms with Crippen LogP contribution in [-0.2, 0) is 6.42 Å². The Morgan fingerprint density at radius 1 is 1.15 bits per heavy atom. The summed E-state index contributed by atoms with van der Waals surface area (Å²) in [6, 6.07) is 5.40. The fourth-order valence-electron chi connectivity index (χ4n) is 2.06. The lowest BCUT2D eigenvalue weighted by Crippen LogP contribution is -2.18. The Labute approximate surface area is 120 Å². The highest BCUT2D eigenvalue weighted by Crippen LogP contribution is 2.27. The van der Waals surface area contributed by atoms with Crippen molar-refractivity contribution in [1.29, 1.82) is 0 Å². The van der Waals surface area contributed by atoms with Gasteiger partial charge < -0.3 is 5.73 Å². The van der Waals surface area contributed by atoms with Crippen molar-refractivity contribution in [3.63, 3.8) is 0 Å². The molecular weight excluding hydrogens is 287 g/mol. The Hall–Kier alpha value is -1.52. The van der Waals surface area contributed by atoms with Gasteiger partial charge in [-0.25, -0.2) is 13.2 Å². The zero-order valence-corrected chi connectivity index (χ0v) is 11.5. The van der Waals surface area contributed by atoms with Gasteiger partial charge in [0.05, 0.1) is 0 Å². The molecule has 0 spiro atoms. The van der Waals surface area contributed by atoms with Gasteiger partial charge in [0, 0.05) is 16.6 Å². The lowest BCUT2D eigenvalue weighted by Gasteiger charge is -2.16. The van der Waals surface area contributed by atoms with Gasteiger partial charge in [-0.1, -0.05) is 17.7 Å². The highest BCUT2D eigenvalue weighted by molar-refractivity contribution is 6.31. The maximum Gasteiger partial charge on any atom is 0.133 e. The second kappa shape index (κ2) is 5.85. The predicted octanol–water partition coefficient (Wildman–Crippen LogP) is 4.31. The van der Waals surface area contributed by atoms with Crippen LogP contribution < -0.4 is 5.73 Å². The van der Waals surface area contributed by atoms with Gasteiger partial charge in [-0.2, -0.15) is 0 Å². The fraction of sp³-hybridized carbons (Fsp3) is 0.200. The number of nitrogens with two attached hydrogens (primary N) is 1. The first-order chi connectivity index (χ1) is 9.40. The average molecular weight is 300 g/mol. The Kier molecular flexibility index (Phi) is 4.35. The van der Waals surface area contributed by atoms with Crippen molar-refractivity contribution in [1.82, 2.24) is 0 Å². The Morgan fingerprint density at radius 3 is 2.55 bits per heavy atom. The molecule has 0 radical (unpaired) electrons. The minimum atomic E-state index is -0.936. The van der Waals surface area contributed by atoms with Gasteiger partial charge >= 0.3 is 0 Å². The normalized spacial score (nSPS) is 12.5. The molecule has 0 aliphatic heterocycles. The van der Waals surface area contributed by atoms with Crippen molar-refractivity contribution in [3.8, 4) is 0 Å². The molecule has 5 heteroatoms. The van der Waals surface area contributed by atoms with Gasteiger partial charge in [-0.05, 0) is 48.7 Å². The highest BCUT2D eigenvalue weighted by atomic mass is 35.5. The van der Waals surface area contributed by atoms with E-state index in [1.807, 2.05) is 0 Å². The van der Waals surface area contributed by atoms with Crippen LogP contribution in [0.3, 0.4) is 0 Å². The molecule has 20 heavy (non-hydrogen) atoms. The smallest absolute Gasteiger partial charge is 0.133 e. The predicted molar refractivity (Wildman–Crippen MR) is 73.1 cm³/mol. The molecule has 2 aromatic carbocycles. The molecule has 1 nitrogen and oxygen atoms in total. The Morgan fingerprint density at radius 2 is 1.85 bits per heavy atom. The molecule has 0 amide bonds. The van der Waals surface area contributed by atoms with Crippen LogP contribution in [0.15, 0.2) is 30.3 Å². The summed E-state index contributed by atoms with van der Waals surface area (Å²) in [5.41, 5.74) is 6.38. The standard InChI is InChI=1S/C15H13ClF3N/c1-8-2-5-12(18)14(15(8)19)13(20)7-9-6-10(17)3-4-11(9)16/h2-6,13H,7,20H2,1H3. The van der Waals surface area contributed by atoms with Crippen molar-refractivity contribution in [2.75, 3.05) is 0 Å². The molecule has 0 fully saturated rings. The highest BCUT2D eigenvalue weighted by Gasteiger charge is 2.19. The van der Waals surface area contributed by atoms with Crippen LogP contribution in [0.2, 0.25) is 5.02 Å². The Balaban J connectivity index is 2.35. The van der Waals surface area contributed by atoms with E-state index < -0.39 is 23.5 Å². The molecule has 0 saturated carbocycles. The first-order valence-electron chi connectivity index (χ1n) is 6.04. The quantitative estimate of drug-likeness (QED) is 0.898. The summed E-state index contributed by atoms with van der Waals surface area (Å²) in [4.78, 5) is 0. The minimum Gasteiger partial charge on any atom is -0.323 e. The fourth-order valence-corrected chi connectivity index (χ4v) is 2.25. The van der Waals surface area contributed by atoms with E-state index in [4.69, 9.17) is 17.3 Å². The van der Waals surface area contributed by atoms with Crippen molar-refractivity contribution in [2.45, 2.75) is 19.4 Å². The SMILES string of the molecule is Cc1ccc(F)c(C(N)Cc2cc(F)ccc2Cl)c1F. The molecule has 2 aromatic rings. The average Bonchev–Trinajstić information content (AvgIpc) is 2.39. The molecule has 0 bridgehead atoms. The number of hydrogen-bond donors (Lipinski definition) is 1.